The lowest BCUT2D eigenvalue weighted by atomic mass is 10.2. The topological polar surface area (TPSA) is 75.6 Å². The number of benzene rings is 2. The molecule has 1 aliphatic rings. The number of aryl methyl sites for hydroxylation is 2. The first-order valence-electron chi connectivity index (χ1n) is 10.8. The lowest BCUT2D eigenvalue weighted by Gasteiger charge is -2.28. The summed E-state index contributed by atoms with van der Waals surface area (Å²) >= 11 is 0. The normalized spacial score (nSPS) is 13.6. The van der Waals surface area contributed by atoms with Gasteiger partial charge in [-0.2, -0.15) is 0 Å². The van der Waals surface area contributed by atoms with Crippen molar-refractivity contribution in [2.24, 2.45) is 0 Å². The summed E-state index contributed by atoms with van der Waals surface area (Å²) < 4.78 is 7.50. The van der Waals surface area contributed by atoms with Gasteiger partial charge >= 0.3 is 0 Å². The molecule has 1 saturated heterocycles. The van der Waals surface area contributed by atoms with E-state index in [0.29, 0.717) is 11.3 Å². The first-order chi connectivity index (χ1) is 15.5. The number of nitrogens with zero attached hydrogens (tertiary/aromatic N) is 2. The van der Waals surface area contributed by atoms with Crippen LogP contribution in [-0.2, 0) is 9.53 Å². The minimum Gasteiger partial charge on any atom is -0.378 e. The third-order valence-corrected chi connectivity index (χ3v) is 5.60. The van der Waals surface area contributed by atoms with Crippen LogP contribution in [0.4, 0.5) is 11.4 Å². The highest BCUT2D eigenvalue weighted by atomic mass is 16.5. The summed E-state index contributed by atoms with van der Waals surface area (Å²) in [6.07, 6.45) is 0. The average Bonchev–Trinajstić information content (AvgIpc) is 3.16. The molecule has 0 saturated carbocycles. The van der Waals surface area contributed by atoms with Crippen molar-refractivity contribution in [2.45, 2.75) is 13.8 Å². The van der Waals surface area contributed by atoms with Crippen LogP contribution in [0.3, 0.4) is 0 Å². The molecular formula is C25H28N4O3. The standard InChI is InChI=1S/C25H28N4O3/c1-18-3-4-19(2)29(18)23-9-5-20(6-10-23)25(31)26-17-24(30)27-21-7-11-22(12-8-21)28-13-15-32-16-14-28/h3-12H,13-17H2,1-2H3,(H,26,31)(H,27,30). The van der Waals surface area contributed by atoms with E-state index in [2.05, 4.69) is 32.2 Å². The van der Waals surface area contributed by atoms with Crippen LogP contribution in [0.15, 0.2) is 60.7 Å². The lowest BCUT2D eigenvalue weighted by Crippen LogP contribution is -2.36. The number of morpholine rings is 1. The summed E-state index contributed by atoms with van der Waals surface area (Å²) in [4.78, 5) is 27.0. The first kappa shape index (κ1) is 21.6. The zero-order valence-electron chi connectivity index (χ0n) is 18.4. The second-order valence-corrected chi connectivity index (χ2v) is 7.88. The van der Waals surface area contributed by atoms with Gasteiger partial charge in [0.2, 0.25) is 5.91 Å². The van der Waals surface area contributed by atoms with E-state index in [1.165, 1.54) is 0 Å². The van der Waals surface area contributed by atoms with Crippen LogP contribution in [0.1, 0.15) is 21.7 Å². The molecule has 2 heterocycles. The largest absolute Gasteiger partial charge is 0.378 e. The van der Waals surface area contributed by atoms with Gasteiger partial charge in [0, 0.05) is 47.1 Å². The smallest absolute Gasteiger partial charge is 0.251 e. The monoisotopic (exact) mass is 432 g/mol. The molecule has 2 amide bonds. The van der Waals surface area contributed by atoms with E-state index in [0.717, 1.165) is 49.1 Å². The number of carbonyl (C=O) groups is 2. The van der Waals surface area contributed by atoms with Crippen LogP contribution >= 0.6 is 0 Å². The minimum atomic E-state index is -0.282. The van der Waals surface area contributed by atoms with Gasteiger partial charge in [-0.05, 0) is 74.5 Å². The molecule has 0 radical (unpaired) electrons. The molecule has 1 fully saturated rings. The van der Waals surface area contributed by atoms with E-state index >= 15 is 0 Å². The number of hydrogen-bond acceptors (Lipinski definition) is 4. The fraction of sp³-hybridized carbons (Fsp3) is 0.280. The van der Waals surface area contributed by atoms with Crippen molar-refractivity contribution in [3.8, 4) is 5.69 Å². The summed E-state index contributed by atoms with van der Waals surface area (Å²) in [5.74, 6) is -0.553. The Morgan fingerprint density at radius 2 is 1.44 bits per heavy atom. The van der Waals surface area contributed by atoms with E-state index < -0.39 is 0 Å². The van der Waals surface area contributed by atoms with Crippen molar-refractivity contribution in [1.82, 2.24) is 9.88 Å². The fourth-order valence-electron chi connectivity index (χ4n) is 3.88. The van der Waals surface area contributed by atoms with Crippen molar-refractivity contribution in [1.29, 1.82) is 0 Å². The van der Waals surface area contributed by atoms with E-state index in [1.54, 1.807) is 12.1 Å². The number of ether oxygens (including phenoxy) is 1. The van der Waals surface area contributed by atoms with Crippen LogP contribution in [0.5, 0.6) is 0 Å². The predicted molar refractivity (Wildman–Crippen MR) is 126 cm³/mol. The van der Waals surface area contributed by atoms with Crippen LogP contribution in [0.25, 0.3) is 5.69 Å². The third kappa shape index (κ3) is 5.00. The van der Waals surface area contributed by atoms with Gasteiger partial charge in [0.15, 0.2) is 0 Å². The van der Waals surface area contributed by atoms with Crippen LogP contribution in [-0.4, -0.2) is 49.2 Å². The molecule has 0 aliphatic carbocycles. The molecule has 32 heavy (non-hydrogen) atoms. The maximum absolute atomic E-state index is 12.4. The van der Waals surface area contributed by atoms with E-state index in [9.17, 15) is 9.59 Å². The second kappa shape index (κ2) is 9.70. The Labute approximate surface area is 188 Å². The van der Waals surface area contributed by atoms with Gasteiger partial charge in [0.25, 0.3) is 5.91 Å². The molecule has 0 atom stereocenters. The van der Waals surface area contributed by atoms with Gasteiger partial charge in [-0.15, -0.1) is 0 Å². The Kier molecular flexibility index (Phi) is 6.56. The highest BCUT2D eigenvalue weighted by molar-refractivity contribution is 5.99. The summed E-state index contributed by atoms with van der Waals surface area (Å²) in [6, 6.07) is 19.2. The minimum absolute atomic E-state index is 0.0956. The molecule has 7 nitrogen and oxygen atoms in total. The molecule has 0 unspecified atom stereocenters. The number of aromatic nitrogens is 1. The van der Waals surface area contributed by atoms with Gasteiger partial charge in [-0.25, -0.2) is 0 Å². The Hall–Kier alpha value is -3.58. The molecule has 2 aromatic carbocycles. The Bertz CT molecular complexity index is 1060. The SMILES string of the molecule is Cc1ccc(C)n1-c1ccc(C(=O)NCC(=O)Nc2ccc(N3CCOCC3)cc2)cc1. The summed E-state index contributed by atoms with van der Waals surface area (Å²) in [6.45, 7) is 7.18. The Morgan fingerprint density at radius 3 is 2.06 bits per heavy atom. The second-order valence-electron chi connectivity index (χ2n) is 7.88. The molecule has 1 aromatic heterocycles. The van der Waals surface area contributed by atoms with Crippen molar-refractivity contribution in [3.63, 3.8) is 0 Å². The van der Waals surface area contributed by atoms with Crippen molar-refractivity contribution in [3.05, 3.63) is 77.6 Å². The van der Waals surface area contributed by atoms with E-state index in [1.807, 2.05) is 50.2 Å². The lowest BCUT2D eigenvalue weighted by molar-refractivity contribution is -0.115. The van der Waals surface area contributed by atoms with Gasteiger partial charge in [-0.1, -0.05) is 0 Å². The molecule has 0 spiro atoms. The Balaban J connectivity index is 1.28. The highest BCUT2D eigenvalue weighted by Gasteiger charge is 2.12. The van der Waals surface area contributed by atoms with Crippen LogP contribution in [0.2, 0.25) is 0 Å². The zero-order valence-corrected chi connectivity index (χ0v) is 18.4. The number of anilines is 2. The number of hydrogen-bond donors (Lipinski definition) is 2. The third-order valence-electron chi connectivity index (χ3n) is 5.60. The van der Waals surface area contributed by atoms with Gasteiger partial charge < -0.3 is 24.8 Å². The number of amides is 2. The summed E-state index contributed by atoms with van der Waals surface area (Å²) in [5.41, 5.74) is 5.58. The van der Waals surface area contributed by atoms with Gasteiger partial charge in [0.1, 0.15) is 0 Å². The summed E-state index contributed by atoms with van der Waals surface area (Å²) in [7, 11) is 0. The van der Waals surface area contributed by atoms with Crippen LogP contribution < -0.4 is 15.5 Å². The first-order valence-corrected chi connectivity index (χ1v) is 10.8. The quantitative estimate of drug-likeness (QED) is 0.627. The predicted octanol–water partition coefficient (Wildman–Crippen LogP) is 3.30. The molecular weight excluding hydrogens is 404 g/mol. The van der Waals surface area contributed by atoms with Crippen molar-refractivity contribution in [2.75, 3.05) is 43.1 Å². The van der Waals surface area contributed by atoms with Gasteiger partial charge in [-0.3, -0.25) is 9.59 Å². The Morgan fingerprint density at radius 1 is 0.844 bits per heavy atom. The van der Waals surface area contributed by atoms with Crippen molar-refractivity contribution < 1.29 is 14.3 Å². The number of rotatable bonds is 6. The molecule has 0 bridgehead atoms. The molecule has 4 rings (SSSR count). The van der Waals surface area contributed by atoms with Crippen molar-refractivity contribution >= 4 is 23.2 Å². The molecule has 166 valence electrons. The highest BCUT2D eigenvalue weighted by Crippen LogP contribution is 2.19. The van der Waals surface area contributed by atoms with Crippen LogP contribution in [0, 0.1) is 13.8 Å². The molecule has 2 N–H and O–H groups in total. The maximum Gasteiger partial charge on any atom is 0.251 e. The average molecular weight is 433 g/mol. The molecule has 1 aliphatic heterocycles. The van der Waals surface area contributed by atoms with E-state index in [4.69, 9.17) is 4.74 Å². The zero-order chi connectivity index (χ0) is 22.5. The maximum atomic E-state index is 12.4. The number of carbonyl (C=O) groups excluding carboxylic acids is 2. The van der Waals surface area contributed by atoms with E-state index in [-0.39, 0.29) is 18.4 Å². The molecule has 7 heteroatoms. The summed E-state index contributed by atoms with van der Waals surface area (Å²) in [5, 5.41) is 5.50. The fourth-order valence-corrected chi connectivity index (χ4v) is 3.88. The van der Waals surface area contributed by atoms with Gasteiger partial charge in [0.05, 0.1) is 19.8 Å². The number of nitrogens with one attached hydrogen (secondary N) is 2. The molecule has 3 aromatic rings.